The lowest BCUT2D eigenvalue weighted by Gasteiger charge is -2.13. The number of amides is 1. The highest BCUT2D eigenvalue weighted by Crippen LogP contribution is 2.20. The molecule has 1 N–H and O–H groups in total. The van der Waals surface area contributed by atoms with Crippen LogP contribution in [-0.2, 0) is 21.1 Å². The number of nitrogens with one attached hydrogen (secondary N) is 1. The number of hydrogen-bond donors (Lipinski definition) is 1. The second-order valence-electron chi connectivity index (χ2n) is 5.26. The minimum Gasteiger partial charge on any atom is -0.356 e. The quantitative estimate of drug-likeness (QED) is 0.923. The average Bonchev–Trinajstić information content (AvgIpc) is 2.64. The van der Waals surface area contributed by atoms with E-state index in [-0.39, 0.29) is 11.7 Å². The summed E-state index contributed by atoms with van der Waals surface area (Å²) >= 11 is 0. The topological polar surface area (TPSA) is 63.2 Å². The Morgan fingerprint density at radius 3 is 2.55 bits per heavy atom. The van der Waals surface area contributed by atoms with Crippen molar-refractivity contribution in [3.63, 3.8) is 0 Å². The van der Waals surface area contributed by atoms with Crippen molar-refractivity contribution in [2.75, 3.05) is 12.3 Å². The molecule has 1 atom stereocenters. The summed E-state index contributed by atoms with van der Waals surface area (Å²) in [5.74, 6) is -0.644. The molecule has 110 valence electrons. The van der Waals surface area contributed by atoms with E-state index in [1.54, 1.807) is 12.1 Å². The van der Waals surface area contributed by atoms with E-state index in [1.165, 1.54) is 0 Å². The van der Waals surface area contributed by atoms with Crippen LogP contribution in [-0.4, -0.2) is 26.6 Å². The number of benzene rings is 1. The van der Waals surface area contributed by atoms with Crippen molar-refractivity contribution >= 4 is 15.7 Å². The first-order valence-corrected chi connectivity index (χ1v) is 8.77. The van der Waals surface area contributed by atoms with Gasteiger partial charge in [-0.2, -0.15) is 0 Å². The predicted molar refractivity (Wildman–Crippen MR) is 78.2 cm³/mol. The van der Waals surface area contributed by atoms with E-state index in [0.717, 1.165) is 24.8 Å². The van der Waals surface area contributed by atoms with Gasteiger partial charge in [-0.1, -0.05) is 25.5 Å². The van der Waals surface area contributed by atoms with Crippen molar-refractivity contribution in [1.82, 2.24) is 5.32 Å². The van der Waals surface area contributed by atoms with Crippen molar-refractivity contribution < 1.29 is 13.2 Å². The maximum Gasteiger partial charge on any atom is 0.224 e. The monoisotopic (exact) mass is 295 g/mol. The van der Waals surface area contributed by atoms with E-state index < -0.39 is 15.8 Å². The normalized spacial score (nSPS) is 20.2. The van der Waals surface area contributed by atoms with E-state index in [0.29, 0.717) is 17.9 Å². The van der Waals surface area contributed by atoms with Crippen molar-refractivity contribution in [3.05, 3.63) is 29.8 Å². The largest absolute Gasteiger partial charge is 0.356 e. The number of aryl methyl sites for hydroxylation is 1. The van der Waals surface area contributed by atoms with Gasteiger partial charge in [0.2, 0.25) is 5.91 Å². The predicted octanol–water partition coefficient (Wildman–Crippen LogP) is 1.94. The summed E-state index contributed by atoms with van der Waals surface area (Å²) in [4.78, 5) is 12.2. The van der Waals surface area contributed by atoms with Gasteiger partial charge in [0.1, 0.15) is 0 Å². The Bertz CT molecular complexity index is 563. The first-order valence-electron chi connectivity index (χ1n) is 7.12. The van der Waals surface area contributed by atoms with E-state index in [4.69, 9.17) is 0 Å². The van der Waals surface area contributed by atoms with Gasteiger partial charge in [0.15, 0.2) is 9.84 Å². The molecule has 5 heteroatoms. The first kappa shape index (κ1) is 15.0. The second kappa shape index (κ2) is 6.39. The average molecular weight is 295 g/mol. The van der Waals surface area contributed by atoms with Gasteiger partial charge in [0.05, 0.1) is 16.6 Å². The molecule has 1 amide bonds. The number of hydrogen-bond acceptors (Lipinski definition) is 3. The Morgan fingerprint density at radius 2 is 1.90 bits per heavy atom. The number of sulfone groups is 1. The van der Waals surface area contributed by atoms with E-state index in [1.807, 2.05) is 19.1 Å². The van der Waals surface area contributed by atoms with Gasteiger partial charge < -0.3 is 5.32 Å². The zero-order valence-electron chi connectivity index (χ0n) is 11.8. The molecule has 0 aromatic heterocycles. The zero-order chi connectivity index (χ0) is 14.6. The van der Waals surface area contributed by atoms with Gasteiger partial charge in [-0.05, 0) is 37.0 Å². The second-order valence-corrected chi connectivity index (χ2v) is 7.30. The molecule has 0 aliphatic carbocycles. The standard InChI is InChI=1S/C15H21NO3S/c1-2-12-6-8-14(9-7-12)20(18,19)11-13-5-3-4-10-16-15(13)17/h6-9,13H,2-5,10-11H2,1H3,(H,16,17)/t13-/m1/s1. The van der Waals surface area contributed by atoms with Crippen LogP contribution in [0.5, 0.6) is 0 Å². The molecular weight excluding hydrogens is 274 g/mol. The molecule has 1 aliphatic rings. The molecule has 2 rings (SSSR count). The highest BCUT2D eigenvalue weighted by atomic mass is 32.2. The molecule has 0 saturated carbocycles. The lowest BCUT2D eigenvalue weighted by molar-refractivity contribution is -0.124. The SMILES string of the molecule is CCc1ccc(S(=O)(=O)C[C@H]2CCCCNC2=O)cc1. The van der Waals surface area contributed by atoms with Crippen LogP contribution in [0.4, 0.5) is 0 Å². The molecule has 0 unspecified atom stereocenters. The summed E-state index contributed by atoms with van der Waals surface area (Å²) in [7, 11) is -3.39. The Balaban J connectivity index is 2.14. The number of carbonyl (C=O) groups is 1. The van der Waals surface area contributed by atoms with Crippen molar-refractivity contribution in [1.29, 1.82) is 0 Å². The van der Waals surface area contributed by atoms with Crippen LogP contribution < -0.4 is 5.32 Å². The molecule has 1 aromatic rings. The Kier molecular flexibility index (Phi) is 4.81. The summed E-state index contributed by atoms with van der Waals surface area (Å²) < 4.78 is 24.8. The van der Waals surface area contributed by atoms with Gasteiger partial charge in [-0.25, -0.2) is 8.42 Å². The van der Waals surface area contributed by atoms with Crippen LogP contribution >= 0.6 is 0 Å². The van der Waals surface area contributed by atoms with Gasteiger partial charge in [0, 0.05) is 6.54 Å². The molecule has 4 nitrogen and oxygen atoms in total. The highest BCUT2D eigenvalue weighted by molar-refractivity contribution is 7.91. The fourth-order valence-electron chi connectivity index (χ4n) is 2.46. The van der Waals surface area contributed by atoms with Crippen LogP contribution in [0, 0.1) is 5.92 Å². The molecule has 1 aliphatic heterocycles. The van der Waals surface area contributed by atoms with Crippen molar-refractivity contribution in [2.24, 2.45) is 5.92 Å². The molecule has 0 bridgehead atoms. The van der Waals surface area contributed by atoms with Crippen LogP contribution in [0.15, 0.2) is 29.2 Å². The third-order valence-electron chi connectivity index (χ3n) is 3.76. The van der Waals surface area contributed by atoms with Gasteiger partial charge in [-0.3, -0.25) is 4.79 Å². The van der Waals surface area contributed by atoms with Crippen molar-refractivity contribution in [3.8, 4) is 0 Å². The molecular formula is C15H21NO3S. The zero-order valence-corrected chi connectivity index (χ0v) is 12.6. The molecule has 1 aromatic carbocycles. The minimum atomic E-state index is -3.39. The van der Waals surface area contributed by atoms with Gasteiger partial charge in [0.25, 0.3) is 0 Å². The van der Waals surface area contributed by atoms with E-state index in [2.05, 4.69) is 5.32 Å². The first-order chi connectivity index (χ1) is 9.53. The lowest BCUT2D eigenvalue weighted by Crippen LogP contribution is -2.33. The van der Waals surface area contributed by atoms with E-state index >= 15 is 0 Å². The Hall–Kier alpha value is -1.36. The molecule has 0 spiro atoms. The lowest BCUT2D eigenvalue weighted by atomic mass is 10.1. The molecule has 1 saturated heterocycles. The number of carbonyl (C=O) groups excluding carboxylic acids is 1. The summed E-state index contributed by atoms with van der Waals surface area (Å²) in [6, 6.07) is 6.95. The van der Waals surface area contributed by atoms with Crippen molar-refractivity contribution in [2.45, 2.75) is 37.5 Å². The van der Waals surface area contributed by atoms with Crippen LogP contribution in [0.2, 0.25) is 0 Å². The van der Waals surface area contributed by atoms with Gasteiger partial charge in [-0.15, -0.1) is 0 Å². The molecule has 1 heterocycles. The fourth-order valence-corrected chi connectivity index (χ4v) is 4.05. The molecule has 20 heavy (non-hydrogen) atoms. The maximum absolute atomic E-state index is 12.4. The Labute approximate surface area is 120 Å². The third kappa shape index (κ3) is 3.60. The van der Waals surface area contributed by atoms with Crippen LogP contribution in [0.25, 0.3) is 0 Å². The summed E-state index contributed by atoms with van der Waals surface area (Å²) in [5.41, 5.74) is 1.11. The smallest absolute Gasteiger partial charge is 0.224 e. The number of rotatable bonds is 4. The summed E-state index contributed by atoms with van der Waals surface area (Å²) in [5, 5.41) is 2.78. The van der Waals surface area contributed by atoms with Crippen LogP contribution in [0.3, 0.4) is 0 Å². The summed E-state index contributed by atoms with van der Waals surface area (Å²) in [6.07, 6.45) is 3.35. The molecule has 0 radical (unpaired) electrons. The van der Waals surface area contributed by atoms with E-state index in [9.17, 15) is 13.2 Å². The van der Waals surface area contributed by atoms with Crippen LogP contribution in [0.1, 0.15) is 31.7 Å². The van der Waals surface area contributed by atoms with Gasteiger partial charge >= 0.3 is 0 Å². The maximum atomic E-state index is 12.4. The Morgan fingerprint density at radius 1 is 1.20 bits per heavy atom. The fraction of sp³-hybridized carbons (Fsp3) is 0.533. The minimum absolute atomic E-state index is 0.0930. The highest BCUT2D eigenvalue weighted by Gasteiger charge is 2.27. The molecule has 1 fully saturated rings. The third-order valence-corrected chi connectivity index (χ3v) is 5.59. The summed E-state index contributed by atoms with van der Waals surface area (Å²) in [6.45, 7) is 2.68.